The second-order valence-electron chi connectivity index (χ2n) is 6.54. The number of methoxy groups -OCH3 is 1. The van der Waals surface area contributed by atoms with E-state index >= 15 is 0 Å². The third-order valence-corrected chi connectivity index (χ3v) is 5.78. The number of rotatable bonds is 7. The van der Waals surface area contributed by atoms with Crippen LogP contribution in [-0.4, -0.2) is 60.4 Å². The van der Waals surface area contributed by atoms with Crippen molar-refractivity contribution in [2.24, 2.45) is 11.1 Å². The van der Waals surface area contributed by atoms with Crippen molar-refractivity contribution in [1.82, 2.24) is 4.90 Å². The summed E-state index contributed by atoms with van der Waals surface area (Å²) in [5, 5.41) is -0.280. The maximum atomic E-state index is 12.5. The average Bonchev–Trinajstić information content (AvgIpc) is 2.60. The smallest absolute Gasteiger partial charge is 0.358 e. The van der Waals surface area contributed by atoms with Crippen LogP contribution in [0.1, 0.15) is 27.2 Å². The molecule has 0 radical (unpaired) electrons. The lowest BCUT2D eigenvalue weighted by Gasteiger charge is -2.48. The van der Waals surface area contributed by atoms with E-state index in [1.165, 1.54) is 23.8 Å². The van der Waals surface area contributed by atoms with Gasteiger partial charge in [-0.15, -0.1) is 11.8 Å². The van der Waals surface area contributed by atoms with E-state index in [4.69, 9.17) is 19.9 Å². The molecule has 0 spiro atoms. The number of nitrogens with zero attached hydrogens (tertiary/aromatic N) is 1. The summed E-state index contributed by atoms with van der Waals surface area (Å²) in [4.78, 5) is 37.7. The van der Waals surface area contributed by atoms with Gasteiger partial charge in [0.25, 0.3) is 0 Å². The minimum atomic E-state index is -0.722. The largest absolute Gasteiger partial charge is 0.427 e. The van der Waals surface area contributed by atoms with Crippen LogP contribution in [0.2, 0.25) is 0 Å². The van der Waals surface area contributed by atoms with E-state index in [9.17, 15) is 14.4 Å². The van der Waals surface area contributed by atoms with Crippen molar-refractivity contribution < 1.29 is 28.6 Å². The van der Waals surface area contributed by atoms with E-state index in [1.54, 1.807) is 13.8 Å². The van der Waals surface area contributed by atoms with Gasteiger partial charge in [0.05, 0.1) is 12.0 Å². The standard InChI is InChI=1S/C16H24N2O6S/c1-5-16(2,3)15(21)24-8-23-14(20)11-9(6-22-4)7-25-13-10(17)12(19)18(11)13/h10,13H,5-8,17H2,1-4H3/t10?,13-/m0/s1. The van der Waals surface area contributed by atoms with Gasteiger partial charge in [0, 0.05) is 12.9 Å². The Hall–Kier alpha value is -1.58. The SMILES string of the molecule is CCC(C)(C)C(=O)OCOC(=O)C1=C(COC)CS[C@H]2C(N)C(=O)N12. The second-order valence-corrected chi connectivity index (χ2v) is 7.64. The fourth-order valence-corrected chi connectivity index (χ4v) is 3.67. The first-order valence-electron chi connectivity index (χ1n) is 8.00. The highest BCUT2D eigenvalue weighted by Gasteiger charge is 2.52. The molecule has 0 aromatic heterocycles. The lowest BCUT2D eigenvalue weighted by molar-refractivity contribution is -0.174. The lowest BCUT2D eigenvalue weighted by atomic mass is 9.91. The Bertz CT molecular complexity index is 603. The van der Waals surface area contributed by atoms with Crippen molar-refractivity contribution in [3.63, 3.8) is 0 Å². The molecule has 0 saturated carbocycles. The summed E-state index contributed by atoms with van der Waals surface area (Å²) in [5.41, 5.74) is 5.91. The number of nitrogens with two attached hydrogens (primary N) is 1. The molecule has 25 heavy (non-hydrogen) atoms. The Balaban J connectivity index is 2.04. The molecule has 140 valence electrons. The number of hydrogen-bond donors (Lipinski definition) is 1. The monoisotopic (exact) mass is 372 g/mol. The van der Waals surface area contributed by atoms with Gasteiger partial charge in [-0.25, -0.2) is 4.79 Å². The number of fused-ring (bicyclic) bond motifs is 1. The summed E-state index contributed by atoms with van der Waals surface area (Å²) >= 11 is 1.48. The summed E-state index contributed by atoms with van der Waals surface area (Å²) in [6.07, 6.45) is 0.599. The minimum Gasteiger partial charge on any atom is -0.427 e. The van der Waals surface area contributed by atoms with E-state index in [0.29, 0.717) is 17.7 Å². The fraction of sp³-hybridized carbons (Fsp3) is 0.688. The van der Waals surface area contributed by atoms with Crippen LogP contribution in [0.25, 0.3) is 0 Å². The zero-order valence-corrected chi connectivity index (χ0v) is 15.7. The van der Waals surface area contributed by atoms with Crippen molar-refractivity contribution in [1.29, 1.82) is 0 Å². The summed E-state index contributed by atoms with van der Waals surface area (Å²) < 4.78 is 15.2. The zero-order valence-electron chi connectivity index (χ0n) is 14.9. The molecule has 2 rings (SSSR count). The molecular weight excluding hydrogens is 348 g/mol. The first-order chi connectivity index (χ1) is 11.7. The molecule has 2 aliphatic rings. The lowest BCUT2D eigenvalue weighted by Crippen LogP contribution is -2.68. The minimum absolute atomic E-state index is 0.142. The van der Waals surface area contributed by atoms with Gasteiger partial charge in [-0.3, -0.25) is 14.5 Å². The molecule has 8 nitrogen and oxygen atoms in total. The maximum absolute atomic E-state index is 12.5. The molecule has 0 aromatic carbocycles. The number of carbonyl (C=O) groups excluding carboxylic acids is 3. The molecule has 1 fully saturated rings. The summed E-state index contributed by atoms with van der Waals surface area (Å²) in [5.74, 6) is -0.988. The van der Waals surface area contributed by atoms with E-state index in [2.05, 4.69) is 0 Å². The molecule has 2 aliphatic heterocycles. The number of thioether (sulfide) groups is 1. The summed E-state index contributed by atoms with van der Waals surface area (Å²) in [6.45, 7) is 5.06. The topological polar surface area (TPSA) is 108 Å². The van der Waals surface area contributed by atoms with Crippen LogP contribution >= 0.6 is 11.8 Å². The number of β-lactam (4-membered cyclic amide) rings is 1. The average molecular weight is 372 g/mol. The first kappa shape index (κ1) is 19.7. The highest BCUT2D eigenvalue weighted by atomic mass is 32.2. The third-order valence-electron chi connectivity index (χ3n) is 4.42. The first-order valence-corrected chi connectivity index (χ1v) is 9.05. The van der Waals surface area contributed by atoms with E-state index in [0.717, 1.165) is 0 Å². The predicted molar refractivity (Wildman–Crippen MR) is 91.1 cm³/mol. The Morgan fingerprint density at radius 3 is 2.64 bits per heavy atom. The number of hydrogen-bond acceptors (Lipinski definition) is 8. The van der Waals surface area contributed by atoms with Gasteiger partial charge in [0.2, 0.25) is 12.7 Å². The molecule has 1 saturated heterocycles. The molecule has 2 N–H and O–H groups in total. The van der Waals surface area contributed by atoms with E-state index in [-0.39, 0.29) is 23.6 Å². The van der Waals surface area contributed by atoms with Crippen LogP contribution in [0.4, 0.5) is 0 Å². The van der Waals surface area contributed by atoms with Gasteiger partial charge in [-0.1, -0.05) is 6.92 Å². The zero-order chi connectivity index (χ0) is 18.8. The van der Waals surface area contributed by atoms with Crippen molar-refractivity contribution >= 4 is 29.6 Å². The number of ether oxygens (including phenoxy) is 3. The summed E-state index contributed by atoms with van der Waals surface area (Å²) in [7, 11) is 1.50. The number of amides is 1. The maximum Gasteiger partial charge on any atom is 0.358 e. The fourth-order valence-electron chi connectivity index (χ4n) is 2.40. The molecule has 0 aliphatic carbocycles. The van der Waals surface area contributed by atoms with Gasteiger partial charge in [-0.05, 0) is 25.8 Å². The van der Waals surface area contributed by atoms with Crippen molar-refractivity contribution in [3.05, 3.63) is 11.3 Å². The molecule has 1 unspecified atom stereocenters. The normalized spacial score (nSPS) is 23.1. The highest BCUT2D eigenvalue weighted by Crippen LogP contribution is 2.39. The van der Waals surface area contributed by atoms with Crippen molar-refractivity contribution in [3.8, 4) is 0 Å². The highest BCUT2D eigenvalue weighted by molar-refractivity contribution is 8.00. The molecule has 0 aromatic rings. The second kappa shape index (κ2) is 7.76. The Morgan fingerprint density at radius 1 is 1.36 bits per heavy atom. The van der Waals surface area contributed by atoms with Gasteiger partial charge in [-0.2, -0.15) is 0 Å². The molecular formula is C16H24N2O6S. The number of esters is 2. The predicted octanol–water partition coefficient (Wildman–Crippen LogP) is 0.609. The van der Waals surface area contributed by atoms with Crippen LogP contribution in [0, 0.1) is 5.41 Å². The van der Waals surface area contributed by atoms with Crippen LogP contribution in [0.15, 0.2) is 11.3 Å². The molecule has 2 atom stereocenters. The molecule has 9 heteroatoms. The quantitative estimate of drug-likeness (QED) is 0.393. The van der Waals surface area contributed by atoms with Gasteiger partial charge in [0.15, 0.2) is 0 Å². The third kappa shape index (κ3) is 3.83. The van der Waals surface area contributed by atoms with Crippen LogP contribution < -0.4 is 5.73 Å². The van der Waals surface area contributed by atoms with E-state index in [1.807, 2.05) is 6.92 Å². The van der Waals surface area contributed by atoms with Gasteiger partial charge >= 0.3 is 11.9 Å². The van der Waals surface area contributed by atoms with Crippen molar-refractivity contribution in [2.75, 3.05) is 26.3 Å². The van der Waals surface area contributed by atoms with Gasteiger partial charge < -0.3 is 19.9 Å². The van der Waals surface area contributed by atoms with Crippen LogP contribution in [0.5, 0.6) is 0 Å². The Kier molecular flexibility index (Phi) is 6.12. The Morgan fingerprint density at radius 2 is 2.04 bits per heavy atom. The van der Waals surface area contributed by atoms with E-state index < -0.39 is 30.2 Å². The summed E-state index contributed by atoms with van der Waals surface area (Å²) in [6, 6.07) is -0.625. The molecule has 1 amide bonds. The van der Waals surface area contributed by atoms with Crippen LogP contribution in [-0.2, 0) is 28.6 Å². The van der Waals surface area contributed by atoms with Crippen molar-refractivity contribution in [2.45, 2.75) is 38.6 Å². The van der Waals surface area contributed by atoms with Crippen LogP contribution in [0.3, 0.4) is 0 Å². The number of carbonyl (C=O) groups is 3. The van der Waals surface area contributed by atoms with Gasteiger partial charge in [0.1, 0.15) is 17.1 Å². The molecule has 2 heterocycles. The molecule has 0 bridgehead atoms. The Labute approximate surface area is 151 Å².